The van der Waals surface area contributed by atoms with E-state index in [9.17, 15) is 0 Å². The summed E-state index contributed by atoms with van der Waals surface area (Å²) in [6.07, 6.45) is 7.72. The van der Waals surface area contributed by atoms with Gasteiger partial charge in [0.2, 0.25) is 0 Å². The molecule has 6 heteroatoms. The Balaban J connectivity index is 1.34. The monoisotopic (exact) mass is 826 g/mol. The van der Waals surface area contributed by atoms with Crippen LogP contribution in [0.25, 0.3) is 22.3 Å². The van der Waals surface area contributed by atoms with E-state index in [1.807, 2.05) is 17.2 Å². The van der Waals surface area contributed by atoms with Crippen LogP contribution in [0.2, 0.25) is 0 Å². The molecular formula is C44H33BN4Pt-2. The van der Waals surface area contributed by atoms with Gasteiger partial charge in [-0.15, -0.1) is 0 Å². The summed E-state index contributed by atoms with van der Waals surface area (Å²) >= 11 is -1.12. The summed E-state index contributed by atoms with van der Waals surface area (Å²) in [7, 11) is 0. The first-order chi connectivity index (χ1) is 25.8. The van der Waals surface area contributed by atoms with Crippen LogP contribution in [0.4, 0.5) is 17.1 Å². The predicted octanol–water partition coefficient (Wildman–Crippen LogP) is 6.74. The molecule has 3 aliphatic heterocycles. The molecule has 0 aromatic heterocycles. The van der Waals surface area contributed by atoms with E-state index in [4.69, 9.17) is 4.11 Å². The molecule has 0 unspecified atom stereocenters. The predicted molar refractivity (Wildman–Crippen MR) is 207 cm³/mol. The summed E-state index contributed by atoms with van der Waals surface area (Å²) in [5.41, 5.74) is 11.5. The molecule has 4 nitrogen and oxygen atoms in total. The van der Waals surface area contributed by atoms with Gasteiger partial charge in [-0.2, -0.15) is 0 Å². The average molecular weight is 827 g/mol. The van der Waals surface area contributed by atoms with E-state index in [1.165, 1.54) is 10.5 Å². The molecule has 0 saturated heterocycles. The summed E-state index contributed by atoms with van der Waals surface area (Å²) < 4.78 is 27.4. The molecule has 244 valence electrons. The molecule has 0 aliphatic carbocycles. The van der Waals surface area contributed by atoms with Gasteiger partial charge in [-0.25, -0.2) is 0 Å². The van der Waals surface area contributed by atoms with Crippen molar-refractivity contribution in [3.8, 4) is 22.3 Å². The van der Waals surface area contributed by atoms with Crippen molar-refractivity contribution in [2.24, 2.45) is 0 Å². The number of nitrogens with zero attached hydrogens (tertiary/aromatic N) is 4. The zero-order valence-electron chi connectivity index (χ0n) is 30.3. The van der Waals surface area contributed by atoms with Gasteiger partial charge in [-0.1, -0.05) is 0 Å². The van der Waals surface area contributed by atoms with E-state index >= 15 is 0 Å². The van der Waals surface area contributed by atoms with E-state index < -0.39 is 24.6 Å². The van der Waals surface area contributed by atoms with Crippen molar-refractivity contribution in [1.82, 2.24) is 4.90 Å². The summed E-state index contributed by atoms with van der Waals surface area (Å²) in [4.78, 5) is 7.87. The van der Waals surface area contributed by atoms with E-state index in [2.05, 4.69) is 175 Å². The SMILES string of the molecule is [2H]C([2H])([2H])N1C=CN2[C]1=[Pt]=[C]1N(C=CN1c1ccc(C)cc1)c1[c-]c(ccc1)B(c1c(-c3ccccc3)cccc1-c1ccccc1)c1[c-]c2ccc1. The summed E-state index contributed by atoms with van der Waals surface area (Å²) in [6, 6.07) is 56.5. The molecule has 0 amide bonds. The fourth-order valence-corrected chi connectivity index (χ4v) is 9.90. The Morgan fingerprint density at radius 2 is 1.08 bits per heavy atom. The second-order valence-electron chi connectivity index (χ2n) is 12.4. The van der Waals surface area contributed by atoms with Crippen LogP contribution in [0.3, 0.4) is 0 Å². The van der Waals surface area contributed by atoms with Crippen LogP contribution in [0.5, 0.6) is 0 Å². The van der Waals surface area contributed by atoms with Gasteiger partial charge in [0.15, 0.2) is 0 Å². The normalized spacial score (nSPS) is 16.2. The molecule has 0 saturated carbocycles. The van der Waals surface area contributed by atoms with Crippen LogP contribution in [0, 0.1) is 19.1 Å². The van der Waals surface area contributed by atoms with Crippen LogP contribution in [-0.4, -0.2) is 26.9 Å². The molecule has 0 fully saturated rings. The third-order valence-electron chi connectivity index (χ3n) is 9.23. The quantitative estimate of drug-likeness (QED) is 0.144. The molecule has 3 aliphatic rings. The molecule has 3 heterocycles. The van der Waals surface area contributed by atoms with Crippen molar-refractivity contribution < 1.29 is 21.8 Å². The van der Waals surface area contributed by atoms with Crippen molar-refractivity contribution >= 4 is 48.5 Å². The van der Waals surface area contributed by atoms with Crippen molar-refractivity contribution in [1.29, 1.82) is 0 Å². The Labute approximate surface area is 306 Å². The molecule has 6 aromatic rings. The van der Waals surface area contributed by atoms with Crippen molar-refractivity contribution in [2.75, 3.05) is 21.7 Å². The number of aryl methyl sites for hydroxylation is 1. The maximum atomic E-state index is 8.56. The van der Waals surface area contributed by atoms with E-state index in [0.717, 1.165) is 64.0 Å². The van der Waals surface area contributed by atoms with Gasteiger partial charge >= 0.3 is 308 Å². The Hall–Kier alpha value is -5.51. The summed E-state index contributed by atoms with van der Waals surface area (Å²) in [5.74, 6) is 0. The maximum absolute atomic E-state index is 8.56. The van der Waals surface area contributed by atoms with E-state index in [0.29, 0.717) is 0 Å². The molecule has 9 rings (SSSR count). The average Bonchev–Trinajstić information content (AvgIpc) is 3.81. The minimum absolute atomic E-state index is 0.271. The number of rotatable bonds is 4. The van der Waals surface area contributed by atoms with Crippen LogP contribution >= 0.6 is 0 Å². The zero-order valence-corrected chi connectivity index (χ0v) is 29.5. The van der Waals surface area contributed by atoms with Crippen LogP contribution in [-0.2, 0) is 17.6 Å². The third kappa shape index (κ3) is 5.39. The standard InChI is InChI=1S/C44H33BN4.Pt/c1-34-22-24-39(25-23-34)48-28-29-49(33-48)41-19-10-17-38(31-41)45(37-16-9-18-40(30-37)47-27-26-46(2)32-47)44-42(35-12-5-3-6-13-35)20-11-21-43(44)36-14-7-4-8-15-36;/h3-29H,1-2H3;/q-2;/i2D3;. The topological polar surface area (TPSA) is 13.0 Å². The minimum atomic E-state index is -2.37. The van der Waals surface area contributed by atoms with Crippen LogP contribution in [0.15, 0.2) is 164 Å². The van der Waals surface area contributed by atoms with E-state index in [1.54, 1.807) is 6.20 Å². The van der Waals surface area contributed by atoms with Gasteiger partial charge in [0.25, 0.3) is 0 Å². The second kappa shape index (κ2) is 12.7. The van der Waals surface area contributed by atoms with Gasteiger partial charge in [-0.05, 0) is 0 Å². The number of anilines is 3. The molecule has 6 aromatic carbocycles. The van der Waals surface area contributed by atoms with Crippen molar-refractivity contribution in [3.05, 3.63) is 182 Å². The zero-order chi connectivity index (χ0) is 36.1. The molecule has 0 spiro atoms. The van der Waals surface area contributed by atoms with Gasteiger partial charge in [0.1, 0.15) is 0 Å². The number of benzene rings is 6. The van der Waals surface area contributed by atoms with Gasteiger partial charge < -0.3 is 0 Å². The molecule has 0 atom stereocenters. The molecule has 4 bridgehead atoms. The molecule has 0 N–H and O–H groups in total. The number of hydrogen-bond donors (Lipinski definition) is 0. The third-order valence-corrected chi connectivity index (χ3v) is 12.4. The van der Waals surface area contributed by atoms with Crippen LogP contribution < -0.4 is 31.1 Å². The van der Waals surface area contributed by atoms with Gasteiger partial charge in [0.05, 0.1) is 0 Å². The number of hydrogen-bond acceptors (Lipinski definition) is 4. The number of fused-ring (bicyclic) bond motifs is 8. The van der Waals surface area contributed by atoms with E-state index in [-0.39, 0.29) is 6.71 Å². The first kappa shape index (κ1) is 27.3. The Morgan fingerprint density at radius 1 is 0.540 bits per heavy atom. The Kier molecular flexibility index (Phi) is 6.97. The Bertz CT molecular complexity index is 2420. The van der Waals surface area contributed by atoms with Crippen molar-refractivity contribution in [3.63, 3.8) is 0 Å². The summed E-state index contributed by atoms with van der Waals surface area (Å²) in [6.45, 7) is -0.554. The van der Waals surface area contributed by atoms with Gasteiger partial charge in [0, 0.05) is 0 Å². The van der Waals surface area contributed by atoms with Gasteiger partial charge in [-0.3, -0.25) is 0 Å². The Morgan fingerprint density at radius 3 is 1.68 bits per heavy atom. The fraction of sp³-hybridized carbons (Fsp3) is 0.0455. The molecule has 0 radical (unpaired) electrons. The summed E-state index contributed by atoms with van der Waals surface area (Å²) in [5, 5.41) is 0. The first-order valence-electron chi connectivity index (χ1n) is 18.0. The second-order valence-corrected chi connectivity index (χ2v) is 15.0. The fourth-order valence-electron chi connectivity index (χ4n) is 6.84. The molecule has 50 heavy (non-hydrogen) atoms. The first-order valence-corrected chi connectivity index (χ1v) is 18.8. The van der Waals surface area contributed by atoms with Crippen molar-refractivity contribution in [2.45, 2.75) is 6.92 Å². The van der Waals surface area contributed by atoms with Crippen LogP contribution in [0.1, 0.15) is 9.68 Å². The molecular weight excluding hydrogens is 790 g/mol.